The van der Waals surface area contributed by atoms with Gasteiger partial charge in [-0.05, 0) is 25.3 Å². The van der Waals surface area contributed by atoms with Crippen molar-refractivity contribution < 1.29 is 4.79 Å². The molecule has 2 heteroatoms. The van der Waals surface area contributed by atoms with E-state index >= 15 is 0 Å². The van der Waals surface area contributed by atoms with Crippen molar-refractivity contribution in [3.05, 3.63) is 11.8 Å². The molecule has 2 nitrogen and oxygen atoms in total. The Morgan fingerprint density at radius 3 is 2.00 bits per heavy atom. The van der Waals surface area contributed by atoms with Crippen LogP contribution in [0, 0.1) is 0 Å². The molecule has 0 heterocycles. The highest BCUT2D eigenvalue weighted by Gasteiger charge is 2.02. The van der Waals surface area contributed by atoms with Gasteiger partial charge in [0, 0.05) is 12.1 Å². The van der Waals surface area contributed by atoms with Crippen LogP contribution in [0.2, 0.25) is 0 Å². The van der Waals surface area contributed by atoms with E-state index in [1.807, 2.05) is 0 Å². The Bertz CT molecular complexity index is 208. The summed E-state index contributed by atoms with van der Waals surface area (Å²) in [6, 6.07) is 0. The van der Waals surface area contributed by atoms with Crippen LogP contribution in [0.25, 0.3) is 0 Å². The van der Waals surface area contributed by atoms with Crippen LogP contribution >= 0.6 is 0 Å². The molecule has 0 spiro atoms. The highest BCUT2D eigenvalue weighted by atomic mass is 16.1. The summed E-state index contributed by atoms with van der Waals surface area (Å²) in [5, 5.41) is 0. The van der Waals surface area contributed by atoms with Crippen LogP contribution in [0.3, 0.4) is 0 Å². The van der Waals surface area contributed by atoms with Crippen molar-refractivity contribution in [2.75, 3.05) is 0 Å². The molecule has 0 amide bonds. The summed E-state index contributed by atoms with van der Waals surface area (Å²) in [6.45, 7) is 0. The monoisotopic (exact) mass is 195 g/mol. The fourth-order valence-electron chi connectivity index (χ4n) is 1.86. The van der Waals surface area contributed by atoms with Gasteiger partial charge in [0.15, 0.2) is 5.78 Å². The summed E-state index contributed by atoms with van der Waals surface area (Å²) in [5.41, 5.74) is 6.52. The van der Waals surface area contributed by atoms with E-state index in [1.54, 1.807) is 6.08 Å². The predicted octanol–water partition coefficient (Wildman–Crippen LogP) is 2.92. The lowest BCUT2D eigenvalue weighted by Crippen LogP contribution is -2.03. The Morgan fingerprint density at radius 1 is 0.857 bits per heavy atom. The molecule has 1 aliphatic carbocycles. The molecule has 0 aliphatic heterocycles. The van der Waals surface area contributed by atoms with Crippen LogP contribution in [-0.4, -0.2) is 5.78 Å². The zero-order chi connectivity index (χ0) is 10.2. The van der Waals surface area contributed by atoms with E-state index in [1.165, 1.54) is 32.1 Å². The van der Waals surface area contributed by atoms with E-state index < -0.39 is 0 Å². The average Bonchev–Trinajstić information content (AvgIpc) is 2.13. The zero-order valence-electron chi connectivity index (χ0n) is 8.93. The van der Waals surface area contributed by atoms with Crippen LogP contribution in [-0.2, 0) is 4.79 Å². The molecule has 14 heavy (non-hydrogen) atoms. The predicted molar refractivity (Wildman–Crippen MR) is 58.8 cm³/mol. The van der Waals surface area contributed by atoms with Crippen LogP contribution in [0.15, 0.2) is 11.8 Å². The third kappa shape index (κ3) is 5.05. The molecular weight excluding hydrogens is 174 g/mol. The number of nitrogens with two attached hydrogens (primary N) is 1. The maximum absolute atomic E-state index is 11.4. The molecule has 0 aromatic heterocycles. The lowest BCUT2D eigenvalue weighted by Gasteiger charge is -2.05. The summed E-state index contributed by atoms with van der Waals surface area (Å²) in [5.74, 6) is 0.211. The largest absolute Gasteiger partial charge is 0.402 e. The third-order valence-electron chi connectivity index (χ3n) is 2.74. The maximum atomic E-state index is 11.4. The van der Waals surface area contributed by atoms with Crippen molar-refractivity contribution >= 4 is 5.78 Å². The summed E-state index contributed by atoms with van der Waals surface area (Å²) in [7, 11) is 0. The van der Waals surface area contributed by atoms with Gasteiger partial charge in [-0.15, -0.1) is 0 Å². The molecule has 1 rings (SSSR count). The van der Waals surface area contributed by atoms with Crippen molar-refractivity contribution in [1.82, 2.24) is 0 Å². The Labute approximate surface area is 86.6 Å². The SMILES string of the molecule is N/C1=C\C(=O)CCCCCCCCC1. The van der Waals surface area contributed by atoms with Crippen LogP contribution in [0.4, 0.5) is 0 Å². The Balaban J connectivity index is 2.40. The second-order valence-electron chi connectivity index (χ2n) is 4.16. The second-order valence-corrected chi connectivity index (χ2v) is 4.16. The Kier molecular flexibility index (Phi) is 5.35. The molecule has 0 saturated heterocycles. The number of carbonyl (C=O) groups excluding carboxylic acids is 1. The summed E-state index contributed by atoms with van der Waals surface area (Å²) < 4.78 is 0. The molecule has 0 saturated carbocycles. The van der Waals surface area contributed by atoms with Gasteiger partial charge in [0.2, 0.25) is 0 Å². The van der Waals surface area contributed by atoms with Crippen molar-refractivity contribution in [1.29, 1.82) is 0 Å². The number of allylic oxidation sites excluding steroid dienone is 2. The van der Waals surface area contributed by atoms with Gasteiger partial charge in [0.25, 0.3) is 0 Å². The maximum Gasteiger partial charge on any atom is 0.157 e. The number of rotatable bonds is 0. The van der Waals surface area contributed by atoms with Crippen LogP contribution in [0.1, 0.15) is 57.8 Å². The van der Waals surface area contributed by atoms with Crippen LogP contribution in [0.5, 0.6) is 0 Å². The standard InChI is InChI=1S/C12H21NO/c13-11-8-6-4-2-1-3-5-7-9-12(14)10-11/h10H,1-9,13H2/b11-10-. The first kappa shape index (κ1) is 11.3. The first-order valence-corrected chi connectivity index (χ1v) is 5.78. The van der Waals surface area contributed by atoms with Crippen LogP contribution < -0.4 is 5.73 Å². The number of hydrogen-bond acceptors (Lipinski definition) is 2. The van der Waals surface area contributed by atoms with E-state index in [-0.39, 0.29) is 5.78 Å². The minimum atomic E-state index is 0.211. The number of ketones is 1. The lowest BCUT2D eigenvalue weighted by molar-refractivity contribution is -0.114. The lowest BCUT2D eigenvalue weighted by atomic mass is 10.0. The minimum absolute atomic E-state index is 0.211. The highest BCUT2D eigenvalue weighted by molar-refractivity contribution is 5.90. The second kappa shape index (κ2) is 6.63. The molecule has 80 valence electrons. The normalized spacial score (nSPS) is 25.7. The molecule has 0 aromatic rings. The molecule has 0 fully saturated rings. The quantitative estimate of drug-likeness (QED) is 0.645. The molecule has 0 aromatic carbocycles. The molecule has 1 aliphatic rings. The van der Waals surface area contributed by atoms with Gasteiger partial charge in [0.05, 0.1) is 0 Å². The fourth-order valence-corrected chi connectivity index (χ4v) is 1.86. The van der Waals surface area contributed by atoms with Crippen molar-refractivity contribution in [3.8, 4) is 0 Å². The molecule has 0 radical (unpaired) electrons. The smallest absolute Gasteiger partial charge is 0.157 e. The van der Waals surface area contributed by atoms with E-state index in [2.05, 4.69) is 0 Å². The summed E-state index contributed by atoms with van der Waals surface area (Å²) in [6.07, 6.45) is 11.8. The first-order chi connectivity index (χ1) is 6.79. The third-order valence-corrected chi connectivity index (χ3v) is 2.74. The minimum Gasteiger partial charge on any atom is -0.402 e. The van der Waals surface area contributed by atoms with Gasteiger partial charge < -0.3 is 5.73 Å². The van der Waals surface area contributed by atoms with Gasteiger partial charge >= 0.3 is 0 Å². The molecule has 0 atom stereocenters. The number of carbonyl (C=O) groups is 1. The van der Waals surface area contributed by atoms with E-state index in [0.29, 0.717) is 6.42 Å². The van der Waals surface area contributed by atoms with Gasteiger partial charge in [-0.2, -0.15) is 0 Å². The number of hydrogen-bond donors (Lipinski definition) is 1. The van der Waals surface area contributed by atoms with Gasteiger partial charge in [0.1, 0.15) is 0 Å². The topological polar surface area (TPSA) is 43.1 Å². The Hall–Kier alpha value is -0.790. The average molecular weight is 195 g/mol. The molecule has 0 bridgehead atoms. The van der Waals surface area contributed by atoms with Gasteiger partial charge in [-0.1, -0.05) is 32.1 Å². The van der Waals surface area contributed by atoms with Gasteiger partial charge in [-0.25, -0.2) is 0 Å². The van der Waals surface area contributed by atoms with E-state index in [0.717, 1.165) is 25.0 Å². The highest BCUT2D eigenvalue weighted by Crippen LogP contribution is 2.13. The van der Waals surface area contributed by atoms with Crippen molar-refractivity contribution in [3.63, 3.8) is 0 Å². The molecule has 2 N–H and O–H groups in total. The molecular formula is C12H21NO. The molecule has 0 unspecified atom stereocenters. The van der Waals surface area contributed by atoms with Crippen molar-refractivity contribution in [2.45, 2.75) is 57.8 Å². The van der Waals surface area contributed by atoms with E-state index in [4.69, 9.17) is 5.73 Å². The summed E-state index contributed by atoms with van der Waals surface area (Å²) in [4.78, 5) is 11.4. The van der Waals surface area contributed by atoms with Gasteiger partial charge in [-0.3, -0.25) is 4.79 Å². The van der Waals surface area contributed by atoms with E-state index in [9.17, 15) is 4.79 Å². The summed E-state index contributed by atoms with van der Waals surface area (Å²) >= 11 is 0. The fraction of sp³-hybridized carbons (Fsp3) is 0.750. The zero-order valence-corrected chi connectivity index (χ0v) is 8.93. The Morgan fingerprint density at radius 2 is 1.36 bits per heavy atom. The first-order valence-electron chi connectivity index (χ1n) is 5.78. The van der Waals surface area contributed by atoms with Crippen molar-refractivity contribution in [2.24, 2.45) is 5.73 Å².